The molecule has 1 aliphatic carbocycles. The zero-order chi connectivity index (χ0) is 29.1. The van der Waals surface area contributed by atoms with E-state index in [4.69, 9.17) is 0 Å². The third kappa shape index (κ3) is 6.29. The highest BCUT2D eigenvalue weighted by Crippen LogP contribution is 2.35. The summed E-state index contributed by atoms with van der Waals surface area (Å²) >= 11 is 1.55. The van der Waals surface area contributed by atoms with Crippen LogP contribution >= 0.6 is 11.3 Å². The minimum Gasteiger partial charge on any atom is -0.370 e. The molecule has 2 aromatic heterocycles. The van der Waals surface area contributed by atoms with E-state index >= 15 is 4.39 Å². The number of anilines is 2. The number of amides is 1. The van der Waals surface area contributed by atoms with Crippen molar-refractivity contribution in [2.24, 2.45) is 0 Å². The Bertz CT molecular complexity index is 1460. The summed E-state index contributed by atoms with van der Waals surface area (Å²) in [5.74, 6) is 0.342. The van der Waals surface area contributed by atoms with Gasteiger partial charge in [0.15, 0.2) is 11.6 Å². The Balaban J connectivity index is 1.13. The largest absolute Gasteiger partial charge is 0.370 e. The number of hydrogen-bond acceptors (Lipinski definition) is 7. The molecule has 1 saturated heterocycles. The molecule has 1 unspecified atom stereocenters. The second kappa shape index (κ2) is 13.0. The number of rotatable bonds is 6. The normalized spacial score (nSPS) is 21.9. The van der Waals surface area contributed by atoms with Gasteiger partial charge >= 0.3 is 0 Å². The highest BCUT2D eigenvalue weighted by Gasteiger charge is 2.29. The number of carbonyl (C=O) groups is 1. The van der Waals surface area contributed by atoms with Crippen molar-refractivity contribution in [2.45, 2.75) is 75.9 Å². The number of aromatic nitrogens is 1. The second-order valence-electron chi connectivity index (χ2n) is 12.2. The first-order chi connectivity index (χ1) is 20.5. The lowest BCUT2D eigenvalue weighted by molar-refractivity contribution is 0.0830. The predicted molar refractivity (Wildman–Crippen MR) is 170 cm³/mol. The first-order valence-electron chi connectivity index (χ1n) is 15.6. The summed E-state index contributed by atoms with van der Waals surface area (Å²) in [6, 6.07) is 2.20. The van der Waals surface area contributed by atoms with Crippen molar-refractivity contribution in [3.8, 4) is 0 Å². The number of nitrogens with zero attached hydrogens (tertiary/aromatic N) is 4. The summed E-state index contributed by atoms with van der Waals surface area (Å²) in [5, 5.41) is 7.70. The van der Waals surface area contributed by atoms with E-state index < -0.39 is 0 Å². The van der Waals surface area contributed by atoms with Gasteiger partial charge in [-0.3, -0.25) is 9.69 Å². The Morgan fingerprint density at radius 3 is 2.64 bits per heavy atom. The molecule has 1 saturated carbocycles. The summed E-state index contributed by atoms with van der Waals surface area (Å²) in [7, 11) is 3.62. The van der Waals surface area contributed by atoms with E-state index in [1.165, 1.54) is 24.8 Å². The van der Waals surface area contributed by atoms with Crippen LogP contribution in [0.4, 0.5) is 15.9 Å². The number of hydrogen-bond donors (Lipinski definition) is 2. The Morgan fingerprint density at radius 1 is 1.10 bits per heavy atom. The second-order valence-corrected chi connectivity index (χ2v) is 13.2. The van der Waals surface area contributed by atoms with Crippen molar-refractivity contribution >= 4 is 41.0 Å². The average molecular weight is 591 g/mol. The van der Waals surface area contributed by atoms with Crippen LogP contribution in [-0.4, -0.2) is 73.2 Å². The third-order valence-corrected chi connectivity index (χ3v) is 10.3. The van der Waals surface area contributed by atoms with E-state index in [1.807, 2.05) is 20.3 Å². The van der Waals surface area contributed by atoms with Crippen LogP contribution in [0.15, 0.2) is 30.1 Å². The Morgan fingerprint density at radius 2 is 1.88 bits per heavy atom. The molecule has 2 fully saturated rings. The maximum Gasteiger partial charge on any atom is 0.263 e. The monoisotopic (exact) mass is 590 g/mol. The number of halogens is 1. The fraction of sp³-hybridized carbons (Fsp3) is 0.545. The smallest absolute Gasteiger partial charge is 0.263 e. The summed E-state index contributed by atoms with van der Waals surface area (Å²) in [5.41, 5.74) is 5.30. The average Bonchev–Trinajstić information content (AvgIpc) is 3.68. The van der Waals surface area contributed by atoms with Crippen LogP contribution in [0.5, 0.6) is 0 Å². The fourth-order valence-electron chi connectivity index (χ4n) is 6.90. The van der Waals surface area contributed by atoms with E-state index in [-0.39, 0.29) is 23.7 Å². The number of piperidine rings is 1. The van der Waals surface area contributed by atoms with E-state index in [2.05, 4.69) is 49.4 Å². The van der Waals surface area contributed by atoms with Gasteiger partial charge in [0.2, 0.25) is 0 Å². The van der Waals surface area contributed by atoms with E-state index in [0.717, 1.165) is 85.0 Å². The minimum absolute atomic E-state index is 0.0572. The highest BCUT2D eigenvalue weighted by molar-refractivity contribution is 7.12. The zero-order valence-electron chi connectivity index (χ0n) is 24.9. The Kier molecular flexibility index (Phi) is 8.98. The molecule has 7 nitrogen and oxygen atoms in total. The number of nitrogens with one attached hydrogen (secondary N) is 2. The molecule has 6 rings (SSSR count). The molecule has 5 heterocycles. The van der Waals surface area contributed by atoms with Crippen LogP contribution in [0.1, 0.15) is 78.9 Å². The SMILES string of the molecule is CN(C)C(=O)c1sc2c(c1C1CCCC1)=CC(Nc1ncc(N3CCC(N4CCC=C=CCCC4)CC3)cc1F)NC=2. The first kappa shape index (κ1) is 29.0. The molecule has 0 radical (unpaired) electrons. The molecule has 0 aromatic carbocycles. The maximum absolute atomic E-state index is 15.4. The van der Waals surface area contributed by atoms with E-state index in [1.54, 1.807) is 28.5 Å². The van der Waals surface area contributed by atoms with Gasteiger partial charge < -0.3 is 20.4 Å². The Hall–Kier alpha value is -3.13. The molecule has 4 aliphatic rings. The molecule has 3 aliphatic heterocycles. The zero-order valence-corrected chi connectivity index (χ0v) is 25.7. The molecule has 1 amide bonds. The van der Waals surface area contributed by atoms with Gasteiger partial charge in [0.05, 0.1) is 21.3 Å². The van der Waals surface area contributed by atoms with Gasteiger partial charge in [-0.2, -0.15) is 0 Å². The fourth-order valence-corrected chi connectivity index (χ4v) is 8.19. The number of carbonyl (C=O) groups excluding carboxylic acids is 1. The maximum atomic E-state index is 15.4. The van der Waals surface area contributed by atoms with Gasteiger partial charge in [0.1, 0.15) is 6.17 Å². The minimum atomic E-state index is -0.347. The van der Waals surface area contributed by atoms with E-state index in [0.29, 0.717) is 12.0 Å². The lowest BCUT2D eigenvalue weighted by Crippen LogP contribution is -2.45. The number of fused-ring (bicyclic) bond motifs is 1. The summed E-state index contributed by atoms with van der Waals surface area (Å²) in [4.78, 5) is 25.0. The van der Waals surface area contributed by atoms with Crippen LogP contribution in [0, 0.1) is 5.82 Å². The molecule has 0 spiro atoms. The molecular weight excluding hydrogens is 547 g/mol. The standard InChI is InChI=1S/C33H43FN6OS/c1-38(2)33(41)31-30(23-11-7-8-12-23)26-20-29(35-22-28(26)42-31)37-32-27(34)19-25(21-36-32)40-17-13-24(14-18-40)39-15-9-5-3-4-6-10-16-39/h3,6,19-24,29,35H,5,7-18H2,1-2H3,(H,36,37). The van der Waals surface area contributed by atoms with Gasteiger partial charge in [0, 0.05) is 52.0 Å². The van der Waals surface area contributed by atoms with Crippen molar-refractivity contribution in [1.82, 2.24) is 20.1 Å². The predicted octanol–water partition coefficient (Wildman–Crippen LogP) is 4.37. The van der Waals surface area contributed by atoms with Crippen molar-refractivity contribution in [1.29, 1.82) is 0 Å². The molecule has 42 heavy (non-hydrogen) atoms. The van der Waals surface area contributed by atoms with Crippen LogP contribution in [0.25, 0.3) is 12.3 Å². The molecule has 2 N–H and O–H groups in total. The van der Waals surface area contributed by atoms with Crippen LogP contribution in [0.2, 0.25) is 0 Å². The third-order valence-electron chi connectivity index (χ3n) is 9.16. The molecule has 1 atom stereocenters. The molecule has 224 valence electrons. The Labute approximate surface area is 252 Å². The first-order valence-corrected chi connectivity index (χ1v) is 16.4. The van der Waals surface area contributed by atoms with Crippen molar-refractivity contribution < 1.29 is 9.18 Å². The molecule has 0 bridgehead atoms. The number of thiophene rings is 1. The molecular formula is C33H43FN6OS. The van der Waals surface area contributed by atoms with Gasteiger partial charge in [-0.1, -0.05) is 12.8 Å². The molecule has 2 aromatic rings. The quantitative estimate of drug-likeness (QED) is 0.488. The summed E-state index contributed by atoms with van der Waals surface area (Å²) in [6.07, 6.45) is 20.0. The van der Waals surface area contributed by atoms with Crippen LogP contribution in [-0.2, 0) is 0 Å². The highest BCUT2D eigenvalue weighted by atomic mass is 32.1. The summed E-state index contributed by atoms with van der Waals surface area (Å²) in [6.45, 7) is 4.05. The van der Waals surface area contributed by atoms with Gasteiger partial charge in [-0.05, 0) is 86.4 Å². The van der Waals surface area contributed by atoms with Gasteiger partial charge in [0.25, 0.3) is 5.91 Å². The lowest BCUT2D eigenvalue weighted by Gasteiger charge is -2.39. The number of pyridine rings is 1. The van der Waals surface area contributed by atoms with Gasteiger partial charge in [-0.25, -0.2) is 9.37 Å². The van der Waals surface area contributed by atoms with Crippen molar-refractivity contribution in [3.63, 3.8) is 0 Å². The van der Waals surface area contributed by atoms with Crippen molar-refractivity contribution in [2.75, 3.05) is 50.5 Å². The topological polar surface area (TPSA) is 63.7 Å². The lowest BCUT2D eigenvalue weighted by atomic mass is 9.95. The van der Waals surface area contributed by atoms with Gasteiger partial charge in [-0.15, -0.1) is 17.1 Å². The molecule has 9 heteroatoms. The van der Waals surface area contributed by atoms with Crippen LogP contribution in [0.3, 0.4) is 0 Å². The van der Waals surface area contributed by atoms with Crippen molar-refractivity contribution in [3.05, 3.63) is 56.2 Å². The van der Waals surface area contributed by atoms with Crippen LogP contribution < -0.4 is 25.3 Å². The van der Waals surface area contributed by atoms with E-state index in [9.17, 15) is 4.79 Å². The summed E-state index contributed by atoms with van der Waals surface area (Å²) < 4.78 is 16.5.